The van der Waals surface area contributed by atoms with Crippen LogP contribution in [0.4, 0.5) is 0 Å². The molecule has 6 aromatic carbocycles. The van der Waals surface area contributed by atoms with E-state index in [4.69, 9.17) is 19.3 Å². The molecule has 1 aliphatic rings. The molecule has 81 heavy (non-hydrogen) atoms. The maximum atomic E-state index is 8.99. The Morgan fingerprint density at radius 1 is 0.420 bits per heavy atom. The van der Waals surface area contributed by atoms with Crippen molar-refractivity contribution < 1.29 is 38.3 Å². The molecule has 7 N–H and O–H groups in total. The van der Waals surface area contributed by atoms with E-state index in [1.165, 1.54) is 25.2 Å². The summed E-state index contributed by atoms with van der Waals surface area (Å²) in [5, 5.41) is 14.6. The van der Waals surface area contributed by atoms with Gasteiger partial charge in [0.05, 0.1) is 25.9 Å². The fraction of sp³-hybridized carbons (Fsp3) is 0.478. The molecule has 12 nitrogen and oxygen atoms in total. The number of benzene rings is 6. The van der Waals surface area contributed by atoms with Gasteiger partial charge in [-0.1, -0.05) is 273 Å². The molecule has 0 radical (unpaired) electrons. The van der Waals surface area contributed by atoms with Gasteiger partial charge in [0.2, 0.25) is 0 Å². The van der Waals surface area contributed by atoms with E-state index in [2.05, 4.69) is 79.2 Å². The lowest BCUT2D eigenvalue weighted by Crippen LogP contribution is -2.27. The van der Waals surface area contributed by atoms with E-state index in [1.807, 2.05) is 265 Å². The van der Waals surface area contributed by atoms with Gasteiger partial charge in [0.1, 0.15) is 6.10 Å². The molecular weight excluding hydrogens is 1010 g/mol. The van der Waals surface area contributed by atoms with Crippen molar-refractivity contribution in [2.24, 2.45) is 11.5 Å². The summed E-state index contributed by atoms with van der Waals surface area (Å²) in [4.78, 5) is 0. The molecule has 1 aliphatic heterocycles. The predicted molar refractivity (Wildman–Crippen MR) is 363 cm³/mol. The number of aliphatic hydroxyl groups excluding tert-OH is 1. The standard InChI is InChI=1S/2C7H8.C6H15NO2.4C6H6.C5H10O2.C2H7N.4C2H6O.4C2H6.2CH5N/c2*1-7-5-3-2-4-6-7;1-3-9-5-6(8)4-7-2;4*1-2-4-6-5-3-1;1-2-6-3-5-4-7-5;5*1-3-2;6*1-2/h2*2-6H,1H3;6-8H,3-5H2,1-2H3;4*1-6H;5H,2-4H2,1H3;3H,1-2H3;4*1-2H3;4*1-2H3;2*2H2,1H3. The molecule has 1 saturated heterocycles. The van der Waals surface area contributed by atoms with Crippen molar-refractivity contribution in [1.82, 2.24) is 10.6 Å². The summed E-state index contributed by atoms with van der Waals surface area (Å²) in [5.41, 5.74) is 11.6. The lowest BCUT2D eigenvalue weighted by molar-refractivity contribution is 0.0439. The van der Waals surface area contributed by atoms with Gasteiger partial charge in [-0.25, -0.2) is 0 Å². The number of hydrogen-bond donors (Lipinski definition) is 5. The lowest BCUT2D eigenvalue weighted by atomic mass is 10.2. The van der Waals surface area contributed by atoms with Gasteiger partial charge in [-0.05, 0) is 62.9 Å². The van der Waals surface area contributed by atoms with Crippen LogP contribution in [0.2, 0.25) is 0 Å². The number of rotatable bonds is 8. The van der Waals surface area contributed by atoms with E-state index < -0.39 is 0 Å². The second kappa shape index (κ2) is 131. The third-order valence-electron chi connectivity index (χ3n) is 6.41. The Morgan fingerprint density at radius 2 is 0.593 bits per heavy atom. The molecule has 0 saturated carbocycles. The summed E-state index contributed by atoms with van der Waals surface area (Å²) < 4.78 is 31.9. The highest BCUT2D eigenvalue weighted by Gasteiger charge is 2.21. The van der Waals surface area contributed by atoms with Gasteiger partial charge in [-0.3, -0.25) is 0 Å². The average Bonchev–Trinajstić information content (AvgIpc) is 4.38. The summed E-state index contributed by atoms with van der Waals surface area (Å²) in [6, 6.07) is 68.5. The van der Waals surface area contributed by atoms with E-state index in [9.17, 15) is 0 Å². The highest BCUT2D eigenvalue weighted by Crippen LogP contribution is 2.07. The monoisotopic (exact) mass is 1140 g/mol. The summed E-state index contributed by atoms with van der Waals surface area (Å²) >= 11 is 0. The van der Waals surface area contributed by atoms with Crippen LogP contribution in [0.15, 0.2) is 206 Å². The van der Waals surface area contributed by atoms with Crippen LogP contribution >= 0.6 is 0 Å². The molecule has 1 fully saturated rings. The molecule has 12 heteroatoms. The van der Waals surface area contributed by atoms with Crippen molar-refractivity contribution in [1.29, 1.82) is 0 Å². The molecule has 0 spiro atoms. The Balaban J connectivity index is -0.0000000634. The smallest absolute Gasteiger partial charge is 0.104 e. The Morgan fingerprint density at radius 3 is 0.716 bits per heavy atom. The van der Waals surface area contributed by atoms with Crippen molar-refractivity contribution >= 4 is 0 Å². The topological polar surface area (TPSA) is 164 Å². The minimum Gasteiger partial charge on any atom is -0.389 e. The zero-order valence-electron chi connectivity index (χ0n) is 56.5. The van der Waals surface area contributed by atoms with E-state index in [-0.39, 0.29) is 6.10 Å². The van der Waals surface area contributed by atoms with Gasteiger partial charge >= 0.3 is 0 Å². The zero-order valence-corrected chi connectivity index (χ0v) is 56.5. The summed E-state index contributed by atoms with van der Waals surface area (Å²) in [6.45, 7) is 28.3. The van der Waals surface area contributed by atoms with E-state index in [0.717, 1.165) is 19.8 Å². The molecule has 0 bridgehead atoms. The second-order valence-electron chi connectivity index (χ2n) is 13.5. The summed E-state index contributed by atoms with van der Waals surface area (Å²) in [7, 11) is 21.6. The third kappa shape index (κ3) is 166. The number of ether oxygens (including phenoxy) is 7. The van der Waals surface area contributed by atoms with Crippen LogP contribution in [-0.4, -0.2) is 149 Å². The largest absolute Gasteiger partial charge is 0.389 e. The van der Waals surface area contributed by atoms with E-state index >= 15 is 0 Å². The molecule has 7 rings (SSSR count). The fourth-order valence-corrected chi connectivity index (χ4v) is 3.57. The van der Waals surface area contributed by atoms with Crippen LogP contribution in [0.3, 0.4) is 0 Å². The van der Waals surface area contributed by atoms with Crippen LogP contribution in [0.25, 0.3) is 0 Å². The van der Waals surface area contributed by atoms with Gasteiger partial charge in [-0.15, -0.1) is 0 Å². The molecule has 2 atom stereocenters. The number of aliphatic hydroxyl groups is 1. The van der Waals surface area contributed by atoms with Gasteiger partial charge in [0.15, 0.2) is 0 Å². The Bertz CT molecular complexity index is 1290. The minimum absolute atomic E-state index is 0.366. The van der Waals surface area contributed by atoms with Gasteiger partial charge < -0.3 is 60.4 Å². The Labute approximate surface area is 502 Å². The van der Waals surface area contributed by atoms with Crippen LogP contribution in [0.1, 0.15) is 80.4 Å². The van der Waals surface area contributed by atoms with E-state index in [0.29, 0.717) is 25.9 Å². The van der Waals surface area contributed by atoms with Gasteiger partial charge in [0, 0.05) is 76.6 Å². The highest BCUT2D eigenvalue weighted by molar-refractivity contribution is 5.12. The number of likely N-dealkylation sites (N-methyl/N-ethyl adjacent to an activating group) is 1. The first-order valence-electron chi connectivity index (χ1n) is 28.1. The molecule has 2 unspecified atom stereocenters. The van der Waals surface area contributed by atoms with Crippen molar-refractivity contribution in [3.63, 3.8) is 0 Å². The zero-order chi connectivity index (χ0) is 65.0. The number of hydrogen-bond acceptors (Lipinski definition) is 12. The summed E-state index contributed by atoms with van der Waals surface area (Å²) in [6.07, 6.45) is 0.0647. The normalized spacial score (nSPS) is 9.36. The number of nitrogens with one attached hydrogen (secondary N) is 2. The molecule has 0 amide bonds. The Kier molecular flexibility index (Phi) is 168. The maximum absolute atomic E-state index is 8.99. The van der Waals surface area contributed by atoms with Crippen molar-refractivity contribution in [2.45, 2.75) is 95.3 Å². The number of methoxy groups -OCH3 is 4. The summed E-state index contributed by atoms with van der Waals surface area (Å²) in [5.74, 6) is 0. The molecule has 474 valence electrons. The average molecular weight is 1140 g/mol. The fourth-order valence-electron chi connectivity index (χ4n) is 3.57. The van der Waals surface area contributed by atoms with Crippen LogP contribution in [0, 0.1) is 13.8 Å². The first-order chi connectivity index (χ1) is 39.6. The Hall–Kier alpha value is -5.16. The first-order valence-corrected chi connectivity index (χ1v) is 28.1. The first kappa shape index (κ1) is 104. The number of nitrogens with two attached hydrogens (primary N) is 2. The molecule has 1 heterocycles. The second-order valence-corrected chi connectivity index (χ2v) is 13.5. The van der Waals surface area contributed by atoms with E-state index in [1.54, 1.807) is 63.9 Å². The van der Waals surface area contributed by atoms with Gasteiger partial charge in [0.25, 0.3) is 0 Å². The minimum atomic E-state index is -0.366. The SMILES string of the molecule is CC.CC.CC.CC.CCOCC(O)CNC.CCOCC1CO1.CN.CN.CNC.COC.COC.COC.COC.Cc1ccccc1.Cc1ccccc1.c1ccccc1.c1ccccc1.c1ccccc1.c1ccccc1. The van der Waals surface area contributed by atoms with Crippen LogP contribution in [-0.2, 0) is 33.2 Å². The molecule has 0 aliphatic carbocycles. The highest BCUT2D eigenvalue weighted by atomic mass is 16.6. The van der Waals surface area contributed by atoms with Gasteiger partial charge in [-0.2, -0.15) is 0 Å². The van der Waals surface area contributed by atoms with Crippen molar-refractivity contribution in [2.75, 3.05) is 132 Å². The number of epoxide rings is 1. The predicted octanol–water partition coefficient (Wildman–Crippen LogP) is 14.9. The number of aryl methyl sites for hydroxylation is 2. The molecule has 0 aromatic heterocycles. The third-order valence-corrected chi connectivity index (χ3v) is 6.41. The van der Waals surface area contributed by atoms with Crippen molar-refractivity contribution in [3.8, 4) is 0 Å². The molecule has 6 aromatic rings. The lowest BCUT2D eigenvalue weighted by Gasteiger charge is -2.08. The van der Waals surface area contributed by atoms with Crippen molar-refractivity contribution in [3.05, 3.63) is 217 Å². The van der Waals surface area contributed by atoms with Crippen LogP contribution < -0.4 is 22.1 Å². The molecular formula is C69H130N4O8. The maximum Gasteiger partial charge on any atom is 0.104 e. The quantitative estimate of drug-likeness (QED) is 0.0918. The van der Waals surface area contributed by atoms with Crippen LogP contribution in [0.5, 0.6) is 0 Å².